The van der Waals surface area contributed by atoms with Gasteiger partial charge in [0, 0.05) is 11.1 Å². The average molecular weight is 312 g/mol. The Hall–Kier alpha value is -2.82. The maximum atomic E-state index is 12.1. The fourth-order valence-electron chi connectivity index (χ4n) is 1.98. The van der Waals surface area contributed by atoms with Crippen LogP contribution >= 0.6 is 0 Å². The second kappa shape index (κ2) is 7.98. The second-order valence-electron chi connectivity index (χ2n) is 4.83. The molecule has 0 aromatic heterocycles. The van der Waals surface area contributed by atoms with E-state index in [1.54, 1.807) is 31.4 Å². The number of amides is 1. The molecule has 0 aliphatic carbocycles. The zero-order valence-electron chi connectivity index (χ0n) is 13.5. The molecule has 0 fully saturated rings. The molecule has 23 heavy (non-hydrogen) atoms. The minimum absolute atomic E-state index is 0.268. The van der Waals surface area contributed by atoms with Gasteiger partial charge in [0.2, 0.25) is 0 Å². The van der Waals surface area contributed by atoms with Crippen LogP contribution in [0.15, 0.2) is 53.6 Å². The first-order valence-electron chi connectivity index (χ1n) is 7.36. The molecule has 5 heteroatoms. The molecule has 0 atom stereocenters. The van der Waals surface area contributed by atoms with Crippen molar-refractivity contribution < 1.29 is 14.3 Å². The molecule has 5 nitrogen and oxygen atoms in total. The lowest BCUT2D eigenvalue weighted by molar-refractivity contribution is 0.0955. The fourth-order valence-corrected chi connectivity index (χ4v) is 1.98. The number of benzene rings is 2. The monoisotopic (exact) mass is 312 g/mol. The van der Waals surface area contributed by atoms with Crippen LogP contribution in [0.3, 0.4) is 0 Å². The number of ether oxygens (including phenoxy) is 2. The van der Waals surface area contributed by atoms with Crippen LogP contribution in [0, 0.1) is 0 Å². The molecule has 0 bridgehead atoms. The van der Waals surface area contributed by atoms with E-state index in [1.165, 1.54) is 0 Å². The van der Waals surface area contributed by atoms with Crippen LogP contribution in [0.4, 0.5) is 0 Å². The van der Waals surface area contributed by atoms with Gasteiger partial charge >= 0.3 is 0 Å². The Labute approximate surface area is 135 Å². The summed E-state index contributed by atoms with van der Waals surface area (Å²) in [6.45, 7) is 4.33. The van der Waals surface area contributed by atoms with E-state index in [0.717, 1.165) is 17.1 Å². The molecule has 1 amide bonds. The van der Waals surface area contributed by atoms with Crippen LogP contribution in [0.1, 0.15) is 29.8 Å². The summed E-state index contributed by atoms with van der Waals surface area (Å²) in [5, 5.41) is 4.14. The fraction of sp³-hybridized carbons (Fsp3) is 0.222. The first-order chi connectivity index (χ1) is 11.1. The molecule has 0 spiro atoms. The van der Waals surface area contributed by atoms with Crippen LogP contribution in [-0.4, -0.2) is 25.3 Å². The van der Waals surface area contributed by atoms with Crippen LogP contribution in [0.2, 0.25) is 0 Å². The highest BCUT2D eigenvalue weighted by Crippen LogP contribution is 2.14. The third-order valence-electron chi connectivity index (χ3n) is 3.24. The highest BCUT2D eigenvalue weighted by molar-refractivity contribution is 6.01. The molecule has 120 valence electrons. The van der Waals surface area contributed by atoms with Crippen LogP contribution < -0.4 is 14.9 Å². The molecule has 0 aliphatic rings. The van der Waals surface area contributed by atoms with Gasteiger partial charge in [0.05, 0.1) is 19.4 Å². The first kappa shape index (κ1) is 16.5. The summed E-state index contributed by atoms with van der Waals surface area (Å²) in [7, 11) is 1.61. The van der Waals surface area contributed by atoms with Gasteiger partial charge in [-0.3, -0.25) is 4.79 Å². The summed E-state index contributed by atoms with van der Waals surface area (Å²) in [5.74, 6) is 1.21. The summed E-state index contributed by atoms with van der Waals surface area (Å²) in [4.78, 5) is 12.1. The van der Waals surface area contributed by atoms with Gasteiger partial charge in [-0.05, 0) is 50.2 Å². The van der Waals surface area contributed by atoms with E-state index >= 15 is 0 Å². The van der Waals surface area contributed by atoms with Crippen molar-refractivity contribution in [3.63, 3.8) is 0 Å². The van der Waals surface area contributed by atoms with E-state index in [0.29, 0.717) is 17.9 Å². The topological polar surface area (TPSA) is 59.9 Å². The molecular weight excluding hydrogens is 292 g/mol. The molecule has 2 rings (SSSR count). The van der Waals surface area contributed by atoms with Crippen molar-refractivity contribution in [3.8, 4) is 11.5 Å². The summed E-state index contributed by atoms with van der Waals surface area (Å²) in [6.07, 6.45) is 0. The number of carbonyl (C=O) groups excluding carboxylic acids is 1. The lowest BCUT2D eigenvalue weighted by atomic mass is 10.1. The Morgan fingerprint density at radius 2 is 1.83 bits per heavy atom. The van der Waals surface area contributed by atoms with Gasteiger partial charge in [-0.25, -0.2) is 5.43 Å². The largest absolute Gasteiger partial charge is 0.497 e. The van der Waals surface area contributed by atoms with Crippen molar-refractivity contribution in [2.45, 2.75) is 13.8 Å². The van der Waals surface area contributed by atoms with Crippen molar-refractivity contribution in [3.05, 3.63) is 59.7 Å². The number of hydrazone groups is 1. The van der Waals surface area contributed by atoms with Gasteiger partial charge in [-0.1, -0.05) is 12.1 Å². The Morgan fingerprint density at radius 3 is 2.48 bits per heavy atom. The molecule has 0 radical (unpaired) electrons. The first-order valence-corrected chi connectivity index (χ1v) is 7.36. The number of carbonyl (C=O) groups is 1. The number of hydrogen-bond acceptors (Lipinski definition) is 4. The summed E-state index contributed by atoms with van der Waals surface area (Å²) < 4.78 is 10.5. The standard InChI is InChI=1S/C18H20N2O3/c1-4-23-16-10-8-14(9-11-16)18(21)20-19-13(2)15-6-5-7-17(12-15)22-3/h5-12H,4H2,1-3H3,(H,20,21)/b19-13+. The van der Waals surface area contributed by atoms with Gasteiger partial charge in [0.25, 0.3) is 5.91 Å². The van der Waals surface area contributed by atoms with Crippen molar-refractivity contribution in [2.24, 2.45) is 5.10 Å². The van der Waals surface area contributed by atoms with Crippen LogP contribution in [-0.2, 0) is 0 Å². The minimum atomic E-state index is -0.268. The number of hydrogen-bond donors (Lipinski definition) is 1. The highest BCUT2D eigenvalue weighted by Gasteiger charge is 2.06. The average Bonchev–Trinajstić information content (AvgIpc) is 2.60. The molecule has 0 aliphatic heterocycles. The van der Waals surface area contributed by atoms with Crippen molar-refractivity contribution in [1.29, 1.82) is 0 Å². The van der Waals surface area contributed by atoms with E-state index in [4.69, 9.17) is 9.47 Å². The Kier molecular flexibility index (Phi) is 5.74. The Bertz CT molecular complexity index is 694. The van der Waals surface area contributed by atoms with Crippen molar-refractivity contribution >= 4 is 11.6 Å². The minimum Gasteiger partial charge on any atom is -0.497 e. The maximum absolute atomic E-state index is 12.1. The third-order valence-corrected chi connectivity index (χ3v) is 3.24. The van der Waals surface area contributed by atoms with E-state index in [-0.39, 0.29) is 5.91 Å². The second-order valence-corrected chi connectivity index (χ2v) is 4.83. The third kappa shape index (κ3) is 4.57. The SMILES string of the molecule is CCOc1ccc(C(=O)N/N=C(\C)c2cccc(OC)c2)cc1. The van der Waals surface area contributed by atoms with Gasteiger partial charge in [0.15, 0.2) is 0 Å². The van der Waals surface area contributed by atoms with Gasteiger partial charge < -0.3 is 9.47 Å². The van der Waals surface area contributed by atoms with E-state index in [1.807, 2.05) is 38.1 Å². The zero-order chi connectivity index (χ0) is 16.7. The highest BCUT2D eigenvalue weighted by atomic mass is 16.5. The van der Waals surface area contributed by atoms with Crippen LogP contribution in [0.5, 0.6) is 11.5 Å². The smallest absolute Gasteiger partial charge is 0.271 e. The predicted octanol–water partition coefficient (Wildman–Crippen LogP) is 3.25. The lowest BCUT2D eigenvalue weighted by Gasteiger charge is -2.06. The lowest BCUT2D eigenvalue weighted by Crippen LogP contribution is -2.19. The van der Waals surface area contributed by atoms with Crippen molar-refractivity contribution in [1.82, 2.24) is 5.43 Å². The summed E-state index contributed by atoms with van der Waals surface area (Å²) in [6, 6.07) is 14.4. The van der Waals surface area contributed by atoms with E-state index < -0.39 is 0 Å². The number of methoxy groups -OCH3 is 1. The Balaban J connectivity index is 2.04. The zero-order valence-corrected chi connectivity index (χ0v) is 13.5. The molecule has 0 saturated carbocycles. The maximum Gasteiger partial charge on any atom is 0.271 e. The van der Waals surface area contributed by atoms with Crippen molar-refractivity contribution in [2.75, 3.05) is 13.7 Å². The number of rotatable bonds is 6. The summed E-state index contributed by atoms with van der Waals surface area (Å²) >= 11 is 0. The number of nitrogens with zero attached hydrogens (tertiary/aromatic N) is 1. The van der Waals surface area contributed by atoms with Crippen LogP contribution in [0.25, 0.3) is 0 Å². The van der Waals surface area contributed by atoms with Gasteiger partial charge in [-0.15, -0.1) is 0 Å². The predicted molar refractivity (Wildman–Crippen MR) is 90.3 cm³/mol. The molecule has 0 heterocycles. The van der Waals surface area contributed by atoms with Gasteiger partial charge in [-0.2, -0.15) is 5.10 Å². The molecule has 0 unspecified atom stereocenters. The molecule has 0 saturated heterocycles. The Morgan fingerprint density at radius 1 is 1.09 bits per heavy atom. The van der Waals surface area contributed by atoms with Gasteiger partial charge in [0.1, 0.15) is 11.5 Å². The van der Waals surface area contributed by atoms with E-state index in [2.05, 4.69) is 10.5 Å². The normalized spacial score (nSPS) is 11.0. The molecule has 2 aromatic carbocycles. The van der Waals surface area contributed by atoms with E-state index in [9.17, 15) is 4.79 Å². The molecule has 2 aromatic rings. The quantitative estimate of drug-likeness (QED) is 0.658. The molecular formula is C18H20N2O3. The number of nitrogens with one attached hydrogen (secondary N) is 1. The molecule has 1 N–H and O–H groups in total. The summed E-state index contributed by atoms with van der Waals surface area (Å²) in [5.41, 5.74) is 4.66.